The number of aromatic nitrogens is 3. The van der Waals surface area contributed by atoms with Crippen molar-refractivity contribution >= 4 is 28.6 Å². The van der Waals surface area contributed by atoms with Gasteiger partial charge < -0.3 is 18.9 Å². The molecule has 3 heterocycles. The summed E-state index contributed by atoms with van der Waals surface area (Å²) in [5.41, 5.74) is 2.74. The topological polar surface area (TPSA) is 90.4 Å². The number of thioether (sulfide) groups is 1. The van der Waals surface area contributed by atoms with Gasteiger partial charge in [0, 0.05) is 57.0 Å². The summed E-state index contributed by atoms with van der Waals surface area (Å²) in [5, 5.41) is 15.0. The minimum Gasteiger partial charge on any atom is -0.487 e. The number of carboxylic acids is 1. The van der Waals surface area contributed by atoms with Crippen LogP contribution in [0.3, 0.4) is 0 Å². The molecule has 0 fully saturated rings. The Morgan fingerprint density at radius 3 is 2.28 bits per heavy atom. The molecule has 0 atom stereocenters. The monoisotopic (exact) mass is 651 g/mol. The van der Waals surface area contributed by atoms with E-state index in [1.165, 1.54) is 6.07 Å². The highest BCUT2D eigenvalue weighted by Gasteiger charge is 2.33. The number of aliphatic carboxylic acids is 1. The van der Waals surface area contributed by atoms with Crippen LogP contribution < -0.4 is 4.74 Å². The van der Waals surface area contributed by atoms with Crippen LogP contribution in [0.5, 0.6) is 5.75 Å². The molecular formula is C35H36F3N3O4S. The van der Waals surface area contributed by atoms with Gasteiger partial charge in [-0.05, 0) is 56.7 Å². The number of nitrogens with zero attached hydrogens (tertiary/aromatic N) is 3. The predicted molar refractivity (Wildman–Crippen MR) is 172 cm³/mol. The van der Waals surface area contributed by atoms with E-state index in [0.29, 0.717) is 35.0 Å². The van der Waals surface area contributed by atoms with Gasteiger partial charge in [-0.1, -0.05) is 50.2 Å². The van der Waals surface area contributed by atoms with Gasteiger partial charge >= 0.3 is 12.1 Å². The molecule has 0 spiro atoms. The lowest BCUT2D eigenvalue weighted by molar-refractivity contribution is -0.147. The maximum absolute atomic E-state index is 13.0. The lowest BCUT2D eigenvalue weighted by Crippen LogP contribution is -2.28. The Morgan fingerprint density at radius 2 is 1.72 bits per heavy atom. The van der Waals surface area contributed by atoms with Crippen molar-refractivity contribution in [3.8, 4) is 17.0 Å². The van der Waals surface area contributed by atoms with E-state index >= 15 is 0 Å². The molecule has 3 aromatic heterocycles. The highest BCUT2D eigenvalue weighted by atomic mass is 32.2. The summed E-state index contributed by atoms with van der Waals surface area (Å²) in [6, 6.07) is 17.6. The van der Waals surface area contributed by atoms with Gasteiger partial charge in [0.2, 0.25) is 0 Å². The highest BCUT2D eigenvalue weighted by molar-refractivity contribution is 8.00. The second kappa shape index (κ2) is 12.5. The van der Waals surface area contributed by atoms with Gasteiger partial charge in [-0.3, -0.25) is 9.78 Å². The fourth-order valence-corrected chi connectivity index (χ4v) is 6.24. The van der Waals surface area contributed by atoms with E-state index in [4.69, 9.17) is 9.26 Å². The second-order valence-electron chi connectivity index (χ2n) is 13.0. The molecule has 242 valence electrons. The normalized spacial score (nSPS) is 12.5. The molecule has 0 unspecified atom stereocenters. The van der Waals surface area contributed by atoms with Crippen LogP contribution in [0.15, 0.2) is 76.3 Å². The molecule has 0 saturated carbocycles. The molecule has 0 aliphatic carbocycles. The molecule has 2 aromatic carbocycles. The van der Waals surface area contributed by atoms with Crippen molar-refractivity contribution in [1.29, 1.82) is 0 Å². The molecule has 0 aliphatic rings. The Kier molecular flexibility index (Phi) is 9.01. The van der Waals surface area contributed by atoms with Crippen molar-refractivity contribution < 1.29 is 32.3 Å². The third-order valence-corrected chi connectivity index (χ3v) is 8.70. The van der Waals surface area contributed by atoms with E-state index in [1.54, 1.807) is 25.6 Å². The maximum Gasteiger partial charge on any atom is 0.417 e. The van der Waals surface area contributed by atoms with Gasteiger partial charge in [0.05, 0.1) is 16.7 Å². The highest BCUT2D eigenvalue weighted by Crippen LogP contribution is 2.44. The van der Waals surface area contributed by atoms with E-state index in [9.17, 15) is 23.1 Å². The van der Waals surface area contributed by atoms with Crippen molar-refractivity contribution in [2.24, 2.45) is 5.41 Å². The van der Waals surface area contributed by atoms with Crippen LogP contribution in [-0.2, 0) is 30.5 Å². The zero-order valence-electron chi connectivity index (χ0n) is 26.5. The summed E-state index contributed by atoms with van der Waals surface area (Å²) in [5.74, 6) is 0.458. The quantitative estimate of drug-likeness (QED) is 0.151. The van der Waals surface area contributed by atoms with Crippen molar-refractivity contribution in [2.45, 2.75) is 76.9 Å². The third kappa shape index (κ3) is 7.58. The van der Waals surface area contributed by atoms with Crippen molar-refractivity contribution in [3.63, 3.8) is 0 Å². The van der Waals surface area contributed by atoms with E-state index in [-0.39, 0.29) is 17.8 Å². The molecule has 7 nitrogen and oxygen atoms in total. The first-order chi connectivity index (χ1) is 21.5. The van der Waals surface area contributed by atoms with Crippen LogP contribution in [0.2, 0.25) is 0 Å². The Morgan fingerprint density at radius 1 is 1.00 bits per heavy atom. The molecule has 0 saturated heterocycles. The molecule has 5 aromatic rings. The summed E-state index contributed by atoms with van der Waals surface area (Å²) in [6.07, 6.45) is -3.32. The molecule has 0 radical (unpaired) electrons. The summed E-state index contributed by atoms with van der Waals surface area (Å²) in [7, 11) is 0. The van der Waals surface area contributed by atoms with Gasteiger partial charge in [-0.2, -0.15) is 13.2 Å². The number of rotatable bonds is 10. The number of benzene rings is 2. The van der Waals surface area contributed by atoms with Gasteiger partial charge in [0.1, 0.15) is 23.8 Å². The van der Waals surface area contributed by atoms with E-state index in [0.717, 1.165) is 39.3 Å². The Labute approximate surface area is 269 Å². The Balaban J connectivity index is 1.55. The number of pyridine rings is 1. The fraction of sp³-hybridized carbons (Fsp3) is 0.343. The zero-order chi connectivity index (χ0) is 33.4. The minimum absolute atomic E-state index is 0.174. The number of carbonyl (C=O) groups is 1. The molecular weight excluding hydrogens is 615 g/mol. The summed E-state index contributed by atoms with van der Waals surface area (Å²) < 4.78 is 52.2. The van der Waals surface area contributed by atoms with Gasteiger partial charge in [0.15, 0.2) is 0 Å². The predicted octanol–water partition coefficient (Wildman–Crippen LogP) is 9.19. The van der Waals surface area contributed by atoms with Crippen molar-refractivity contribution in [2.75, 3.05) is 0 Å². The molecule has 0 bridgehead atoms. The van der Waals surface area contributed by atoms with Crippen LogP contribution in [0.25, 0.3) is 22.2 Å². The molecule has 1 N–H and O–H groups in total. The van der Waals surface area contributed by atoms with Crippen LogP contribution in [0.4, 0.5) is 13.2 Å². The molecule has 46 heavy (non-hydrogen) atoms. The number of fused-ring (bicyclic) bond motifs is 1. The number of alkyl halides is 3. The zero-order valence-corrected chi connectivity index (χ0v) is 27.3. The van der Waals surface area contributed by atoms with Gasteiger partial charge in [0.25, 0.3) is 0 Å². The first kappa shape index (κ1) is 33.1. The maximum atomic E-state index is 13.0. The average Bonchev–Trinajstić information content (AvgIpc) is 3.51. The summed E-state index contributed by atoms with van der Waals surface area (Å²) >= 11 is 1.68. The molecule has 0 aliphatic heterocycles. The van der Waals surface area contributed by atoms with Crippen LogP contribution in [0, 0.1) is 12.3 Å². The van der Waals surface area contributed by atoms with Gasteiger partial charge in [-0.25, -0.2) is 0 Å². The fourth-order valence-electron chi connectivity index (χ4n) is 5.06. The number of hydrogen-bond acceptors (Lipinski definition) is 6. The SMILES string of the molecule is Cc1cc(COc2ccc3c(c2)c(SC(C)(C)C)c(CC(C)(C)C(=O)O)n3Cc2ccc(-c3ccc(C(F)(F)F)cn3)cc2)no1. The molecule has 0 amide bonds. The molecule has 5 rings (SSSR count). The standard InChI is InChI=1S/C35H36F3N3O4S/c1-21-15-25(40-45-21)20-44-26-12-14-29-27(16-26)31(46-33(2,3)4)30(17-34(5,6)32(42)43)41(29)19-22-7-9-23(10-8-22)28-13-11-24(18-39-28)35(36,37)38/h7-16,18H,17,19-20H2,1-6H3,(H,42,43). The number of carboxylic acid groups (broad SMARTS) is 1. The molecule has 11 heteroatoms. The number of ether oxygens (including phenoxy) is 1. The number of halogens is 3. The van der Waals surface area contributed by atoms with E-state index in [1.807, 2.05) is 55.5 Å². The van der Waals surface area contributed by atoms with Crippen molar-refractivity contribution in [3.05, 3.63) is 95.1 Å². The number of aryl methyl sites for hydroxylation is 1. The van der Waals surface area contributed by atoms with Crippen LogP contribution in [-0.4, -0.2) is 30.5 Å². The van der Waals surface area contributed by atoms with Crippen LogP contribution in [0.1, 0.15) is 62.9 Å². The average molecular weight is 652 g/mol. The Hall–Kier alpha value is -4.25. The summed E-state index contributed by atoms with van der Waals surface area (Å²) in [6.45, 7) is 12.3. The smallest absolute Gasteiger partial charge is 0.417 e. The first-order valence-electron chi connectivity index (χ1n) is 14.8. The number of hydrogen-bond donors (Lipinski definition) is 1. The first-order valence-corrected chi connectivity index (χ1v) is 15.6. The van der Waals surface area contributed by atoms with E-state index < -0.39 is 23.1 Å². The second-order valence-corrected chi connectivity index (χ2v) is 14.8. The minimum atomic E-state index is -4.45. The van der Waals surface area contributed by atoms with Gasteiger partial charge in [-0.15, -0.1) is 11.8 Å². The third-order valence-electron chi connectivity index (χ3n) is 7.43. The summed E-state index contributed by atoms with van der Waals surface area (Å²) in [4.78, 5) is 17.3. The Bertz CT molecular complexity index is 1850. The van der Waals surface area contributed by atoms with Crippen LogP contribution >= 0.6 is 11.8 Å². The lowest BCUT2D eigenvalue weighted by atomic mass is 9.88. The van der Waals surface area contributed by atoms with Crippen molar-refractivity contribution in [1.82, 2.24) is 14.7 Å². The largest absolute Gasteiger partial charge is 0.487 e. The van der Waals surface area contributed by atoms with E-state index in [2.05, 4.69) is 35.5 Å². The lowest BCUT2D eigenvalue weighted by Gasteiger charge is -2.24.